The molecule has 0 radical (unpaired) electrons. The fourth-order valence-electron chi connectivity index (χ4n) is 0.997. The zero-order chi connectivity index (χ0) is 9.84. The lowest BCUT2D eigenvalue weighted by atomic mass is 10.1. The third-order valence-electron chi connectivity index (χ3n) is 2.28. The molecule has 0 aliphatic carbocycles. The van der Waals surface area contributed by atoms with Crippen molar-refractivity contribution in [2.24, 2.45) is 5.92 Å². The minimum atomic E-state index is 0.505. The number of aryl methyl sites for hydroxylation is 1. The van der Waals surface area contributed by atoms with Crippen molar-refractivity contribution in [2.45, 2.75) is 40.3 Å². The molecule has 1 aromatic rings. The van der Waals surface area contributed by atoms with Crippen molar-refractivity contribution in [1.29, 1.82) is 0 Å². The molecule has 1 N–H and O–H groups in total. The van der Waals surface area contributed by atoms with Crippen molar-refractivity contribution < 1.29 is 4.52 Å². The second-order valence-corrected chi connectivity index (χ2v) is 3.85. The highest BCUT2D eigenvalue weighted by Crippen LogP contribution is 2.04. The molecule has 1 aromatic heterocycles. The summed E-state index contributed by atoms with van der Waals surface area (Å²) in [5.74, 6) is 1.55. The van der Waals surface area contributed by atoms with Crippen LogP contribution in [0.15, 0.2) is 10.6 Å². The fraction of sp³-hybridized carbons (Fsp3) is 0.700. The third kappa shape index (κ3) is 3.19. The van der Waals surface area contributed by atoms with E-state index in [-0.39, 0.29) is 0 Å². The second-order valence-electron chi connectivity index (χ2n) is 3.85. The fourth-order valence-corrected chi connectivity index (χ4v) is 0.997. The quantitative estimate of drug-likeness (QED) is 0.775. The van der Waals surface area contributed by atoms with Crippen LogP contribution in [0.5, 0.6) is 0 Å². The molecule has 1 unspecified atom stereocenters. The summed E-state index contributed by atoms with van der Waals surface area (Å²) in [6, 6.07) is 2.46. The van der Waals surface area contributed by atoms with Crippen LogP contribution in [0.3, 0.4) is 0 Å². The topological polar surface area (TPSA) is 38.1 Å². The van der Waals surface area contributed by atoms with Gasteiger partial charge in [0.15, 0.2) is 5.76 Å². The lowest BCUT2D eigenvalue weighted by Gasteiger charge is -2.15. The monoisotopic (exact) mass is 182 g/mol. The number of hydrogen-bond acceptors (Lipinski definition) is 3. The van der Waals surface area contributed by atoms with Crippen molar-refractivity contribution in [3.63, 3.8) is 0 Å². The van der Waals surface area contributed by atoms with Crippen LogP contribution in [0.1, 0.15) is 32.2 Å². The highest BCUT2D eigenvalue weighted by molar-refractivity contribution is 5.02. The van der Waals surface area contributed by atoms with Crippen molar-refractivity contribution >= 4 is 0 Å². The van der Waals surface area contributed by atoms with Gasteiger partial charge >= 0.3 is 0 Å². The largest absolute Gasteiger partial charge is 0.360 e. The smallest absolute Gasteiger partial charge is 0.150 e. The number of nitrogens with zero attached hydrogens (tertiary/aromatic N) is 1. The molecule has 1 heterocycles. The first-order chi connectivity index (χ1) is 6.09. The molecule has 74 valence electrons. The van der Waals surface area contributed by atoms with Gasteiger partial charge in [0.25, 0.3) is 0 Å². The molecule has 0 amide bonds. The van der Waals surface area contributed by atoms with Gasteiger partial charge in [0.2, 0.25) is 0 Å². The standard InChI is InChI=1S/C10H18N2O/c1-7(2)9(4)11-6-10-5-8(3)12-13-10/h5,7,9,11H,6H2,1-4H3. The van der Waals surface area contributed by atoms with Crippen molar-refractivity contribution in [1.82, 2.24) is 10.5 Å². The zero-order valence-electron chi connectivity index (χ0n) is 8.79. The Bertz CT molecular complexity index is 255. The van der Waals surface area contributed by atoms with Gasteiger partial charge in [0, 0.05) is 12.1 Å². The van der Waals surface area contributed by atoms with Crippen LogP contribution in [-0.2, 0) is 6.54 Å². The van der Waals surface area contributed by atoms with Gasteiger partial charge in [-0.05, 0) is 19.8 Å². The molecule has 13 heavy (non-hydrogen) atoms. The van der Waals surface area contributed by atoms with Crippen LogP contribution >= 0.6 is 0 Å². The summed E-state index contributed by atoms with van der Waals surface area (Å²) in [6.07, 6.45) is 0. The summed E-state index contributed by atoms with van der Waals surface area (Å²) in [5, 5.41) is 7.20. The van der Waals surface area contributed by atoms with E-state index in [0.717, 1.165) is 18.0 Å². The Labute approximate surface area is 79.5 Å². The highest BCUT2D eigenvalue weighted by atomic mass is 16.5. The Balaban J connectivity index is 2.35. The van der Waals surface area contributed by atoms with E-state index in [2.05, 4.69) is 31.2 Å². The molecule has 0 aliphatic heterocycles. The predicted octanol–water partition coefficient (Wildman–Crippen LogP) is 2.12. The number of rotatable bonds is 4. The Morgan fingerprint density at radius 2 is 2.15 bits per heavy atom. The van der Waals surface area contributed by atoms with E-state index in [9.17, 15) is 0 Å². The van der Waals surface area contributed by atoms with Gasteiger partial charge in [-0.3, -0.25) is 0 Å². The molecule has 1 atom stereocenters. The molecule has 0 saturated carbocycles. The highest BCUT2D eigenvalue weighted by Gasteiger charge is 2.07. The van der Waals surface area contributed by atoms with Gasteiger partial charge in [0.1, 0.15) is 0 Å². The van der Waals surface area contributed by atoms with Gasteiger partial charge in [0.05, 0.1) is 12.2 Å². The molecule has 0 aliphatic rings. The van der Waals surface area contributed by atoms with Crippen LogP contribution in [0.25, 0.3) is 0 Å². The first-order valence-electron chi connectivity index (χ1n) is 4.75. The van der Waals surface area contributed by atoms with E-state index in [4.69, 9.17) is 4.52 Å². The minimum Gasteiger partial charge on any atom is -0.360 e. The van der Waals surface area contributed by atoms with Gasteiger partial charge in [-0.25, -0.2) is 0 Å². The molecule has 0 fully saturated rings. The maximum Gasteiger partial charge on any atom is 0.150 e. The summed E-state index contributed by atoms with van der Waals surface area (Å²) >= 11 is 0. The Morgan fingerprint density at radius 3 is 2.62 bits per heavy atom. The van der Waals surface area contributed by atoms with Crippen LogP contribution in [0.2, 0.25) is 0 Å². The van der Waals surface area contributed by atoms with E-state index in [0.29, 0.717) is 12.0 Å². The Hall–Kier alpha value is -0.830. The van der Waals surface area contributed by atoms with Gasteiger partial charge in [-0.15, -0.1) is 0 Å². The molecule has 0 spiro atoms. The van der Waals surface area contributed by atoms with E-state index < -0.39 is 0 Å². The maximum absolute atomic E-state index is 5.08. The molecule has 0 saturated heterocycles. The number of hydrogen-bond donors (Lipinski definition) is 1. The van der Waals surface area contributed by atoms with Crippen molar-refractivity contribution in [2.75, 3.05) is 0 Å². The lowest BCUT2D eigenvalue weighted by Crippen LogP contribution is -2.29. The van der Waals surface area contributed by atoms with Crippen LogP contribution in [-0.4, -0.2) is 11.2 Å². The Kier molecular flexibility index (Phi) is 3.48. The lowest BCUT2D eigenvalue weighted by molar-refractivity contribution is 0.346. The number of nitrogens with one attached hydrogen (secondary N) is 1. The van der Waals surface area contributed by atoms with Crippen LogP contribution in [0, 0.1) is 12.8 Å². The first kappa shape index (κ1) is 10.3. The molecular formula is C10H18N2O. The van der Waals surface area contributed by atoms with Gasteiger partial charge < -0.3 is 9.84 Å². The molecule has 0 bridgehead atoms. The average molecular weight is 182 g/mol. The average Bonchev–Trinajstić information content (AvgIpc) is 2.47. The van der Waals surface area contributed by atoms with Crippen LogP contribution in [0.4, 0.5) is 0 Å². The SMILES string of the molecule is Cc1cc(CNC(C)C(C)C)on1. The van der Waals surface area contributed by atoms with E-state index in [1.807, 2.05) is 13.0 Å². The maximum atomic E-state index is 5.08. The Morgan fingerprint density at radius 1 is 1.46 bits per heavy atom. The van der Waals surface area contributed by atoms with E-state index >= 15 is 0 Å². The van der Waals surface area contributed by atoms with Crippen molar-refractivity contribution in [3.05, 3.63) is 17.5 Å². The van der Waals surface area contributed by atoms with E-state index in [1.165, 1.54) is 0 Å². The summed E-state index contributed by atoms with van der Waals surface area (Å²) in [4.78, 5) is 0. The van der Waals surface area contributed by atoms with E-state index in [1.54, 1.807) is 0 Å². The van der Waals surface area contributed by atoms with Gasteiger partial charge in [-0.1, -0.05) is 19.0 Å². The van der Waals surface area contributed by atoms with Gasteiger partial charge in [-0.2, -0.15) is 0 Å². The van der Waals surface area contributed by atoms with Crippen LogP contribution < -0.4 is 5.32 Å². The summed E-state index contributed by atoms with van der Waals surface area (Å²) in [5.41, 5.74) is 0.939. The second kappa shape index (κ2) is 4.42. The third-order valence-corrected chi connectivity index (χ3v) is 2.28. The molecule has 3 nitrogen and oxygen atoms in total. The van der Waals surface area contributed by atoms with Crippen molar-refractivity contribution in [3.8, 4) is 0 Å². The minimum absolute atomic E-state index is 0.505. The number of aromatic nitrogens is 1. The first-order valence-corrected chi connectivity index (χ1v) is 4.75. The summed E-state index contributed by atoms with van der Waals surface area (Å²) in [6.45, 7) is 9.26. The predicted molar refractivity (Wildman–Crippen MR) is 52.4 cm³/mol. The molecule has 0 aromatic carbocycles. The summed E-state index contributed by atoms with van der Waals surface area (Å²) in [7, 11) is 0. The molecule has 1 rings (SSSR count). The normalized spacial score (nSPS) is 13.6. The molecular weight excluding hydrogens is 164 g/mol. The zero-order valence-corrected chi connectivity index (χ0v) is 8.79. The summed E-state index contributed by atoms with van der Waals surface area (Å²) < 4.78 is 5.08. The molecule has 3 heteroatoms.